The minimum absolute atomic E-state index is 0.428. The summed E-state index contributed by atoms with van der Waals surface area (Å²) in [7, 11) is 0. The molecule has 4 heteroatoms. The van der Waals surface area contributed by atoms with Crippen LogP contribution in [0.15, 0.2) is 11.6 Å². The summed E-state index contributed by atoms with van der Waals surface area (Å²) in [5.41, 5.74) is 0. The maximum Gasteiger partial charge on any atom is 0.109 e. The number of hydrogen-bond donors (Lipinski definition) is 1. The second-order valence-electron chi connectivity index (χ2n) is 5.13. The van der Waals surface area contributed by atoms with Gasteiger partial charge in [-0.3, -0.25) is 4.90 Å². The molecule has 2 heterocycles. The van der Waals surface area contributed by atoms with Gasteiger partial charge in [0.25, 0.3) is 0 Å². The smallest absolute Gasteiger partial charge is 0.109 e. The normalized spacial score (nSPS) is 22.5. The van der Waals surface area contributed by atoms with E-state index in [0.717, 1.165) is 6.54 Å². The zero-order valence-electron chi connectivity index (χ0n) is 11.0. The molecule has 1 aliphatic rings. The molecule has 2 atom stereocenters. The molecular weight excluding hydrogens is 230 g/mol. The molecule has 1 aromatic heterocycles. The third-order valence-corrected chi connectivity index (χ3v) is 4.51. The average molecular weight is 253 g/mol. The molecule has 0 saturated carbocycles. The van der Waals surface area contributed by atoms with E-state index in [0.29, 0.717) is 18.1 Å². The number of nitrogens with zero attached hydrogens (tertiary/aromatic N) is 2. The van der Waals surface area contributed by atoms with Crippen molar-refractivity contribution in [2.45, 2.75) is 51.7 Å². The van der Waals surface area contributed by atoms with Crippen LogP contribution in [0.2, 0.25) is 0 Å². The molecule has 0 radical (unpaired) electrons. The molecule has 96 valence electrons. The Bertz CT molecular complexity index is 317. The topological polar surface area (TPSA) is 28.2 Å². The van der Waals surface area contributed by atoms with E-state index in [9.17, 15) is 0 Å². The summed E-state index contributed by atoms with van der Waals surface area (Å²) in [6.07, 6.45) is 4.54. The highest BCUT2D eigenvalue weighted by atomic mass is 32.1. The Balaban J connectivity index is 2.00. The molecular formula is C13H23N3S. The predicted octanol–water partition coefficient (Wildman–Crippen LogP) is 2.67. The van der Waals surface area contributed by atoms with Crippen LogP contribution in [0.1, 0.15) is 44.7 Å². The maximum absolute atomic E-state index is 4.45. The molecule has 0 spiro atoms. The van der Waals surface area contributed by atoms with E-state index in [4.69, 9.17) is 0 Å². The van der Waals surface area contributed by atoms with Crippen LogP contribution in [0.4, 0.5) is 0 Å². The molecule has 1 N–H and O–H groups in total. The van der Waals surface area contributed by atoms with Crippen molar-refractivity contribution >= 4 is 11.3 Å². The van der Waals surface area contributed by atoms with E-state index in [1.54, 1.807) is 11.3 Å². The van der Waals surface area contributed by atoms with E-state index < -0.39 is 0 Å². The molecule has 0 bridgehead atoms. The fourth-order valence-electron chi connectivity index (χ4n) is 2.57. The highest BCUT2D eigenvalue weighted by Crippen LogP contribution is 2.25. The molecule has 17 heavy (non-hydrogen) atoms. The van der Waals surface area contributed by atoms with Crippen molar-refractivity contribution in [3.63, 3.8) is 0 Å². The summed E-state index contributed by atoms with van der Waals surface area (Å²) >= 11 is 1.76. The Morgan fingerprint density at radius 3 is 2.88 bits per heavy atom. The molecule has 0 aliphatic carbocycles. The lowest BCUT2D eigenvalue weighted by atomic mass is 10.1. The molecule has 1 fully saturated rings. The first kappa shape index (κ1) is 13.0. The van der Waals surface area contributed by atoms with Crippen LogP contribution in [-0.4, -0.2) is 35.1 Å². The summed E-state index contributed by atoms with van der Waals surface area (Å²) in [6, 6.07) is 1.66. The Kier molecular flexibility index (Phi) is 4.54. The highest BCUT2D eigenvalue weighted by molar-refractivity contribution is 7.09. The Morgan fingerprint density at radius 1 is 1.53 bits per heavy atom. The third kappa shape index (κ3) is 3.27. The summed E-state index contributed by atoms with van der Waals surface area (Å²) in [4.78, 5) is 7.01. The molecule has 1 aromatic rings. The molecule has 1 aliphatic heterocycles. The van der Waals surface area contributed by atoms with E-state index in [-0.39, 0.29) is 0 Å². The van der Waals surface area contributed by atoms with Crippen molar-refractivity contribution in [3.05, 3.63) is 16.6 Å². The van der Waals surface area contributed by atoms with Crippen molar-refractivity contribution < 1.29 is 0 Å². The van der Waals surface area contributed by atoms with Gasteiger partial charge in [0.15, 0.2) is 0 Å². The standard InChI is InChI=1S/C13H23N3S/c1-10(2)16(9-12-5-4-6-14-12)11(3)13-15-7-8-17-13/h7-8,10-12,14H,4-6,9H2,1-3H3. The van der Waals surface area contributed by atoms with Crippen molar-refractivity contribution in [1.82, 2.24) is 15.2 Å². The molecule has 2 rings (SSSR count). The minimum Gasteiger partial charge on any atom is -0.313 e. The minimum atomic E-state index is 0.428. The first-order valence-electron chi connectivity index (χ1n) is 6.57. The second kappa shape index (κ2) is 5.94. The Hall–Kier alpha value is -0.450. The third-order valence-electron chi connectivity index (χ3n) is 3.56. The van der Waals surface area contributed by atoms with Gasteiger partial charge in [-0.25, -0.2) is 4.98 Å². The lowest BCUT2D eigenvalue weighted by molar-refractivity contribution is 0.149. The van der Waals surface area contributed by atoms with E-state index >= 15 is 0 Å². The van der Waals surface area contributed by atoms with Crippen LogP contribution in [0.3, 0.4) is 0 Å². The van der Waals surface area contributed by atoms with Crippen LogP contribution >= 0.6 is 11.3 Å². The van der Waals surface area contributed by atoms with Gasteiger partial charge < -0.3 is 5.32 Å². The van der Waals surface area contributed by atoms with E-state index in [2.05, 4.69) is 41.4 Å². The van der Waals surface area contributed by atoms with Crippen molar-refractivity contribution in [2.75, 3.05) is 13.1 Å². The molecule has 0 aromatic carbocycles. The first-order chi connectivity index (χ1) is 8.18. The van der Waals surface area contributed by atoms with Gasteiger partial charge in [0.1, 0.15) is 5.01 Å². The number of nitrogens with one attached hydrogen (secondary N) is 1. The second-order valence-corrected chi connectivity index (χ2v) is 6.06. The molecule has 0 amide bonds. The van der Waals surface area contributed by atoms with Crippen molar-refractivity contribution in [1.29, 1.82) is 0 Å². The van der Waals surface area contributed by atoms with Gasteiger partial charge >= 0.3 is 0 Å². The lowest BCUT2D eigenvalue weighted by Gasteiger charge is -2.33. The average Bonchev–Trinajstić information content (AvgIpc) is 2.97. The Morgan fingerprint density at radius 2 is 2.35 bits per heavy atom. The number of thiazole rings is 1. The monoisotopic (exact) mass is 253 g/mol. The number of hydrogen-bond acceptors (Lipinski definition) is 4. The summed E-state index contributed by atoms with van der Waals surface area (Å²) in [6.45, 7) is 9.15. The van der Waals surface area contributed by atoms with E-state index in [1.807, 2.05) is 6.20 Å². The largest absolute Gasteiger partial charge is 0.313 e. The van der Waals surface area contributed by atoms with Crippen LogP contribution in [0.25, 0.3) is 0 Å². The summed E-state index contributed by atoms with van der Waals surface area (Å²) < 4.78 is 0. The fraction of sp³-hybridized carbons (Fsp3) is 0.769. The Labute approximate surface area is 108 Å². The quantitative estimate of drug-likeness (QED) is 0.874. The molecule has 1 saturated heterocycles. The lowest BCUT2D eigenvalue weighted by Crippen LogP contribution is -2.42. The van der Waals surface area contributed by atoms with E-state index in [1.165, 1.54) is 24.4 Å². The summed E-state index contributed by atoms with van der Waals surface area (Å²) in [5.74, 6) is 0. The van der Waals surface area contributed by atoms with Gasteiger partial charge in [-0.05, 0) is 40.2 Å². The SMILES string of the molecule is CC(C)N(CC1CCCN1)C(C)c1nccs1. The highest BCUT2D eigenvalue weighted by Gasteiger charge is 2.25. The van der Waals surface area contributed by atoms with Gasteiger partial charge in [0.2, 0.25) is 0 Å². The molecule has 2 unspecified atom stereocenters. The zero-order valence-corrected chi connectivity index (χ0v) is 11.8. The van der Waals surface area contributed by atoms with Crippen LogP contribution in [-0.2, 0) is 0 Å². The van der Waals surface area contributed by atoms with Gasteiger partial charge in [-0.2, -0.15) is 0 Å². The van der Waals surface area contributed by atoms with Crippen LogP contribution in [0, 0.1) is 0 Å². The van der Waals surface area contributed by atoms with Crippen LogP contribution < -0.4 is 5.32 Å². The molecule has 3 nitrogen and oxygen atoms in total. The fourth-order valence-corrected chi connectivity index (χ4v) is 3.28. The van der Waals surface area contributed by atoms with Crippen LogP contribution in [0.5, 0.6) is 0 Å². The number of aromatic nitrogens is 1. The maximum atomic E-state index is 4.45. The summed E-state index contributed by atoms with van der Waals surface area (Å²) in [5, 5.41) is 6.88. The van der Waals surface area contributed by atoms with Crippen molar-refractivity contribution in [2.24, 2.45) is 0 Å². The van der Waals surface area contributed by atoms with Gasteiger partial charge in [0.05, 0.1) is 6.04 Å². The number of rotatable bonds is 5. The van der Waals surface area contributed by atoms with Gasteiger partial charge in [-0.1, -0.05) is 0 Å². The van der Waals surface area contributed by atoms with Gasteiger partial charge in [-0.15, -0.1) is 11.3 Å². The van der Waals surface area contributed by atoms with Crippen molar-refractivity contribution in [3.8, 4) is 0 Å². The first-order valence-corrected chi connectivity index (χ1v) is 7.45. The zero-order chi connectivity index (χ0) is 12.3. The predicted molar refractivity (Wildman–Crippen MR) is 73.4 cm³/mol. The van der Waals surface area contributed by atoms with Gasteiger partial charge in [0, 0.05) is 30.2 Å².